The molecule has 1 fully saturated rings. The maximum Gasteiger partial charge on any atom is 0.229 e. The van der Waals surface area contributed by atoms with Crippen LogP contribution in [0.2, 0.25) is 10.0 Å². The minimum atomic E-state index is -0.220. The summed E-state index contributed by atoms with van der Waals surface area (Å²) in [5, 5.41) is 1.02. The topological polar surface area (TPSA) is 29.5 Å². The van der Waals surface area contributed by atoms with Crippen LogP contribution in [0.3, 0.4) is 0 Å². The molecule has 1 amide bonds. The second-order valence-corrected chi connectivity index (χ2v) is 4.49. The van der Waals surface area contributed by atoms with Gasteiger partial charge >= 0.3 is 0 Å². The molecule has 1 saturated heterocycles. The number of carbonyl (C=O) groups excluding carboxylic acids is 1. The Morgan fingerprint density at radius 3 is 2.50 bits per heavy atom. The molecule has 1 aromatic rings. The van der Waals surface area contributed by atoms with Crippen LogP contribution in [-0.2, 0) is 9.53 Å². The van der Waals surface area contributed by atoms with E-state index in [1.807, 2.05) is 0 Å². The third-order valence-electron chi connectivity index (χ3n) is 2.56. The Bertz CT molecular complexity index is 402. The first kappa shape index (κ1) is 11.7. The highest BCUT2D eigenvalue weighted by Crippen LogP contribution is 2.31. The normalized spacial score (nSPS) is 20.6. The van der Waals surface area contributed by atoms with Gasteiger partial charge in [-0.05, 0) is 18.2 Å². The van der Waals surface area contributed by atoms with Crippen LogP contribution in [0.1, 0.15) is 12.8 Å². The number of rotatable bonds is 2. The van der Waals surface area contributed by atoms with E-state index in [1.54, 1.807) is 30.2 Å². The monoisotopic (exact) mass is 259 g/mol. The average Bonchev–Trinajstić information content (AvgIpc) is 2.58. The summed E-state index contributed by atoms with van der Waals surface area (Å²) in [6.07, 6.45) is 0.962. The molecule has 1 aliphatic heterocycles. The molecule has 86 valence electrons. The van der Waals surface area contributed by atoms with Crippen molar-refractivity contribution in [1.82, 2.24) is 0 Å². The van der Waals surface area contributed by atoms with Crippen LogP contribution in [0, 0.1) is 0 Å². The van der Waals surface area contributed by atoms with Crippen molar-refractivity contribution in [1.29, 1.82) is 0 Å². The van der Waals surface area contributed by atoms with Crippen molar-refractivity contribution in [3.63, 3.8) is 0 Å². The van der Waals surface area contributed by atoms with E-state index in [2.05, 4.69) is 0 Å². The van der Waals surface area contributed by atoms with Crippen LogP contribution in [0.25, 0.3) is 0 Å². The lowest BCUT2D eigenvalue weighted by atomic mass is 10.3. The van der Waals surface area contributed by atoms with E-state index < -0.39 is 0 Å². The summed E-state index contributed by atoms with van der Waals surface area (Å²) >= 11 is 11.8. The molecule has 0 radical (unpaired) electrons. The standard InChI is InChI=1S/C11H11Cl2NO2/c1-16-11-3-2-10(15)14(11)9-5-7(12)4-8(13)6-9/h4-6,11H,2-3H2,1H3/t11-/m1/s1. The van der Waals surface area contributed by atoms with Gasteiger partial charge in [0.1, 0.15) is 6.23 Å². The fourth-order valence-corrected chi connectivity index (χ4v) is 2.38. The molecule has 2 rings (SSSR count). The van der Waals surface area contributed by atoms with Crippen molar-refractivity contribution in [2.45, 2.75) is 19.1 Å². The number of carbonyl (C=O) groups is 1. The lowest BCUT2D eigenvalue weighted by molar-refractivity contribution is -0.117. The molecule has 1 atom stereocenters. The van der Waals surface area contributed by atoms with Crippen molar-refractivity contribution in [3.8, 4) is 0 Å². The molecule has 0 bridgehead atoms. The van der Waals surface area contributed by atoms with Gasteiger partial charge in [-0.3, -0.25) is 9.69 Å². The smallest absolute Gasteiger partial charge is 0.229 e. The molecule has 0 unspecified atom stereocenters. The number of hydrogen-bond acceptors (Lipinski definition) is 2. The highest BCUT2D eigenvalue weighted by molar-refractivity contribution is 6.35. The summed E-state index contributed by atoms with van der Waals surface area (Å²) in [7, 11) is 1.59. The maximum absolute atomic E-state index is 11.7. The van der Waals surface area contributed by atoms with E-state index in [0.717, 1.165) is 0 Å². The van der Waals surface area contributed by atoms with Crippen molar-refractivity contribution in [3.05, 3.63) is 28.2 Å². The third kappa shape index (κ3) is 2.17. The molecule has 1 heterocycles. The molecule has 1 aliphatic rings. The average molecular weight is 260 g/mol. The minimum Gasteiger partial charge on any atom is -0.361 e. The Hall–Kier alpha value is -0.770. The molecular formula is C11H11Cl2NO2. The summed E-state index contributed by atoms with van der Waals surface area (Å²) in [5.41, 5.74) is 0.687. The predicted octanol–water partition coefficient (Wildman–Crippen LogP) is 3.09. The maximum atomic E-state index is 11.7. The van der Waals surface area contributed by atoms with Crippen molar-refractivity contribution >= 4 is 34.8 Å². The molecule has 0 saturated carbocycles. The number of methoxy groups -OCH3 is 1. The SMILES string of the molecule is CO[C@@H]1CCC(=O)N1c1cc(Cl)cc(Cl)c1. The zero-order valence-electron chi connectivity index (χ0n) is 8.74. The van der Waals surface area contributed by atoms with E-state index in [4.69, 9.17) is 27.9 Å². The number of anilines is 1. The van der Waals surface area contributed by atoms with Gasteiger partial charge in [0.05, 0.1) is 0 Å². The van der Waals surface area contributed by atoms with Crippen LogP contribution in [0.5, 0.6) is 0 Å². The summed E-state index contributed by atoms with van der Waals surface area (Å²) < 4.78 is 5.25. The summed E-state index contributed by atoms with van der Waals surface area (Å²) in [5.74, 6) is 0.0326. The molecular weight excluding hydrogens is 249 g/mol. The Balaban J connectivity index is 2.38. The van der Waals surface area contributed by atoms with Crippen LogP contribution in [0.4, 0.5) is 5.69 Å². The van der Waals surface area contributed by atoms with Gasteiger partial charge in [0.25, 0.3) is 0 Å². The van der Waals surface area contributed by atoms with Gasteiger partial charge in [-0.1, -0.05) is 23.2 Å². The second kappa shape index (κ2) is 4.62. The van der Waals surface area contributed by atoms with Gasteiger partial charge in [-0.15, -0.1) is 0 Å². The first-order chi connectivity index (χ1) is 7.61. The highest BCUT2D eigenvalue weighted by Gasteiger charge is 2.32. The Morgan fingerprint density at radius 1 is 1.31 bits per heavy atom. The first-order valence-corrected chi connectivity index (χ1v) is 5.68. The number of halogens is 2. The van der Waals surface area contributed by atoms with Crippen LogP contribution < -0.4 is 4.90 Å². The van der Waals surface area contributed by atoms with E-state index >= 15 is 0 Å². The van der Waals surface area contributed by atoms with Gasteiger partial charge in [0.2, 0.25) is 5.91 Å². The van der Waals surface area contributed by atoms with Crippen LogP contribution >= 0.6 is 23.2 Å². The second-order valence-electron chi connectivity index (χ2n) is 3.62. The van der Waals surface area contributed by atoms with Gasteiger partial charge in [0, 0.05) is 35.7 Å². The molecule has 3 nitrogen and oxygen atoms in total. The number of amides is 1. The summed E-state index contributed by atoms with van der Waals surface area (Å²) in [4.78, 5) is 13.3. The predicted molar refractivity (Wildman–Crippen MR) is 64.0 cm³/mol. The number of benzene rings is 1. The van der Waals surface area contributed by atoms with Crippen LogP contribution in [-0.4, -0.2) is 19.2 Å². The Labute approximate surface area is 104 Å². The zero-order valence-corrected chi connectivity index (χ0v) is 10.3. The number of nitrogens with zero attached hydrogens (tertiary/aromatic N) is 1. The van der Waals surface area contributed by atoms with Crippen molar-refractivity contribution in [2.75, 3.05) is 12.0 Å². The minimum absolute atomic E-state index is 0.0326. The molecule has 0 aliphatic carbocycles. The van der Waals surface area contributed by atoms with E-state index in [1.165, 1.54) is 0 Å². The lowest BCUT2D eigenvalue weighted by Gasteiger charge is -2.23. The lowest BCUT2D eigenvalue weighted by Crippen LogP contribution is -2.34. The van der Waals surface area contributed by atoms with E-state index in [0.29, 0.717) is 28.6 Å². The highest BCUT2D eigenvalue weighted by atomic mass is 35.5. The zero-order chi connectivity index (χ0) is 11.7. The third-order valence-corrected chi connectivity index (χ3v) is 3.00. The van der Waals surface area contributed by atoms with Gasteiger partial charge < -0.3 is 4.74 Å². The largest absolute Gasteiger partial charge is 0.361 e. The fourth-order valence-electron chi connectivity index (χ4n) is 1.87. The van der Waals surface area contributed by atoms with Crippen molar-refractivity contribution < 1.29 is 9.53 Å². The van der Waals surface area contributed by atoms with Gasteiger partial charge in [-0.2, -0.15) is 0 Å². The molecule has 0 N–H and O–H groups in total. The summed E-state index contributed by atoms with van der Waals surface area (Å²) in [6, 6.07) is 5.06. The van der Waals surface area contributed by atoms with Gasteiger partial charge in [-0.25, -0.2) is 0 Å². The number of hydrogen-bond donors (Lipinski definition) is 0. The quantitative estimate of drug-likeness (QED) is 0.817. The van der Waals surface area contributed by atoms with Crippen LogP contribution in [0.15, 0.2) is 18.2 Å². The van der Waals surface area contributed by atoms with Crippen molar-refractivity contribution in [2.24, 2.45) is 0 Å². The molecule has 0 spiro atoms. The molecule has 5 heteroatoms. The molecule has 1 aromatic carbocycles. The Morgan fingerprint density at radius 2 is 1.94 bits per heavy atom. The van der Waals surface area contributed by atoms with E-state index in [9.17, 15) is 4.79 Å². The molecule has 16 heavy (non-hydrogen) atoms. The first-order valence-electron chi connectivity index (χ1n) is 4.93. The van der Waals surface area contributed by atoms with Gasteiger partial charge in [0.15, 0.2) is 0 Å². The van der Waals surface area contributed by atoms with E-state index in [-0.39, 0.29) is 12.1 Å². The Kier molecular flexibility index (Phi) is 3.38. The fraction of sp³-hybridized carbons (Fsp3) is 0.364. The molecule has 0 aromatic heterocycles. The summed E-state index contributed by atoms with van der Waals surface area (Å²) in [6.45, 7) is 0. The number of ether oxygens (including phenoxy) is 1.